The number of methoxy groups -OCH3 is 1. The van der Waals surface area contributed by atoms with Gasteiger partial charge in [-0.1, -0.05) is 0 Å². The third-order valence-electron chi connectivity index (χ3n) is 2.90. The minimum atomic E-state index is -0.0162. The molecular weight excluding hydrogens is 238 g/mol. The Morgan fingerprint density at radius 1 is 1.76 bits per heavy atom. The van der Waals surface area contributed by atoms with Gasteiger partial charge < -0.3 is 15.0 Å². The van der Waals surface area contributed by atoms with E-state index in [0.29, 0.717) is 13.2 Å². The van der Waals surface area contributed by atoms with Gasteiger partial charge in [0.15, 0.2) is 0 Å². The fourth-order valence-electron chi connectivity index (χ4n) is 2.06. The van der Waals surface area contributed by atoms with Crippen molar-refractivity contribution in [3.05, 3.63) is 16.6 Å². The van der Waals surface area contributed by atoms with E-state index in [9.17, 15) is 4.79 Å². The SMILES string of the molecule is COC[C@@H]1CCCN1C(=O)NCc1cscn1. The Balaban J connectivity index is 1.82. The van der Waals surface area contributed by atoms with Crippen LogP contribution in [0.3, 0.4) is 0 Å². The van der Waals surface area contributed by atoms with Crippen molar-refractivity contribution in [3.63, 3.8) is 0 Å². The highest BCUT2D eigenvalue weighted by molar-refractivity contribution is 7.07. The Bertz CT molecular complexity index is 356. The highest BCUT2D eigenvalue weighted by Gasteiger charge is 2.28. The first-order chi connectivity index (χ1) is 8.31. The molecule has 2 rings (SSSR count). The van der Waals surface area contributed by atoms with E-state index in [2.05, 4.69) is 10.3 Å². The van der Waals surface area contributed by atoms with E-state index in [1.807, 2.05) is 10.3 Å². The molecule has 2 heterocycles. The molecule has 0 bridgehead atoms. The van der Waals surface area contributed by atoms with Crippen molar-refractivity contribution in [3.8, 4) is 0 Å². The molecule has 0 spiro atoms. The standard InChI is InChI=1S/C11H17N3O2S/c1-16-6-10-3-2-4-14(10)11(15)12-5-9-7-17-8-13-9/h7-8,10H,2-6H2,1H3,(H,12,15)/t10-/m0/s1. The largest absolute Gasteiger partial charge is 0.383 e. The molecule has 1 aliphatic rings. The number of rotatable bonds is 4. The highest BCUT2D eigenvalue weighted by Crippen LogP contribution is 2.17. The number of hydrogen-bond acceptors (Lipinski definition) is 4. The van der Waals surface area contributed by atoms with Crippen LogP contribution in [0.1, 0.15) is 18.5 Å². The third-order valence-corrected chi connectivity index (χ3v) is 3.54. The van der Waals surface area contributed by atoms with Gasteiger partial charge in [-0.3, -0.25) is 0 Å². The Morgan fingerprint density at radius 2 is 2.65 bits per heavy atom. The lowest BCUT2D eigenvalue weighted by Crippen LogP contribution is -2.44. The van der Waals surface area contributed by atoms with Gasteiger partial charge in [0, 0.05) is 19.0 Å². The predicted molar refractivity (Wildman–Crippen MR) is 66.0 cm³/mol. The van der Waals surface area contributed by atoms with Gasteiger partial charge in [0.1, 0.15) is 0 Å². The summed E-state index contributed by atoms with van der Waals surface area (Å²) in [4.78, 5) is 17.9. The maximum absolute atomic E-state index is 12.0. The van der Waals surface area contributed by atoms with Gasteiger partial charge in [0.2, 0.25) is 0 Å². The summed E-state index contributed by atoms with van der Waals surface area (Å²) in [6, 6.07) is 0.202. The van der Waals surface area contributed by atoms with Crippen molar-refractivity contribution in [1.29, 1.82) is 0 Å². The van der Waals surface area contributed by atoms with E-state index in [0.717, 1.165) is 25.1 Å². The molecule has 17 heavy (non-hydrogen) atoms. The molecule has 1 saturated heterocycles. The molecule has 0 saturated carbocycles. The number of amides is 2. The van der Waals surface area contributed by atoms with Gasteiger partial charge in [0.05, 0.1) is 30.4 Å². The van der Waals surface area contributed by atoms with Crippen LogP contribution in [0.15, 0.2) is 10.9 Å². The lowest BCUT2D eigenvalue weighted by Gasteiger charge is -2.24. The molecule has 1 atom stereocenters. The zero-order valence-electron chi connectivity index (χ0n) is 9.89. The van der Waals surface area contributed by atoms with Crippen molar-refractivity contribution in [2.75, 3.05) is 20.3 Å². The van der Waals surface area contributed by atoms with Crippen LogP contribution in [0.25, 0.3) is 0 Å². The molecule has 6 heteroatoms. The Kier molecular flexibility index (Phi) is 4.33. The smallest absolute Gasteiger partial charge is 0.318 e. The Hall–Kier alpha value is -1.14. The summed E-state index contributed by atoms with van der Waals surface area (Å²) in [6.45, 7) is 1.93. The van der Waals surface area contributed by atoms with E-state index < -0.39 is 0 Å². The number of nitrogens with zero attached hydrogens (tertiary/aromatic N) is 2. The molecule has 1 N–H and O–H groups in total. The molecular formula is C11H17N3O2S. The molecule has 1 aromatic heterocycles. The Morgan fingerprint density at radius 3 is 3.35 bits per heavy atom. The highest BCUT2D eigenvalue weighted by atomic mass is 32.1. The van der Waals surface area contributed by atoms with Crippen molar-refractivity contribution in [1.82, 2.24) is 15.2 Å². The lowest BCUT2D eigenvalue weighted by atomic mass is 10.2. The molecule has 5 nitrogen and oxygen atoms in total. The fraction of sp³-hybridized carbons (Fsp3) is 0.636. The van der Waals surface area contributed by atoms with Crippen LogP contribution in [0.2, 0.25) is 0 Å². The summed E-state index contributed by atoms with van der Waals surface area (Å²) in [7, 11) is 1.67. The average Bonchev–Trinajstić information content (AvgIpc) is 2.97. The molecule has 94 valence electrons. The van der Waals surface area contributed by atoms with E-state index in [-0.39, 0.29) is 12.1 Å². The maximum Gasteiger partial charge on any atom is 0.318 e. The number of aromatic nitrogens is 1. The fourth-order valence-corrected chi connectivity index (χ4v) is 2.62. The van der Waals surface area contributed by atoms with Crippen molar-refractivity contribution in [2.45, 2.75) is 25.4 Å². The maximum atomic E-state index is 12.0. The number of carbonyl (C=O) groups excluding carboxylic acids is 1. The quantitative estimate of drug-likeness (QED) is 0.886. The minimum Gasteiger partial charge on any atom is -0.383 e. The Labute approximate surface area is 105 Å². The van der Waals surface area contributed by atoms with Crippen LogP contribution in [-0.4, -0.2) is 42.2 Å². The molecule has 1 aliphatic heterocycles. The first-order valence-corrected chi connectivity index (χ1v) is 6.66. The van der Waals surface area contributed by atoms with Gasteiger partial charge in [-0.25, -0.2) is 9.78 Å². The van der Waals surface area contributed by atoms with Crippen molar-refractivity contribution >= 4 is 17.4 Å². The number of carbonyl (C=O) groups is 1. The first kappa shape index (κ1) is 12.3. The lowest BCUT2D eigenvalue weighted by molar-refractivity contribution is 0.123. The molecule has 0 aromatic carbocycles. The summed E-state index contributed by atoms with van der Waals surface area (Å²) in [5.41, 5.74) is 2.68. The predicted octanol–water partition coefficient (Wildman–Crippen LogP) is 1.46. The first-order valence-electron chi connectivity index (χ1n) is 5.71. The van der Waals surface area contributed by atoms with E-state index in [1.54, 1.807) is 12.6 Å². The number of urea groups is 1. The van der Waals surface area contributed by atoms with E-state index >= 15 is 0 Å². The number of nitrogens with one attached hydrogen (secondary N) is 1. The summed E-state index contributed by atoms with van der Waals surface area (Å²) in [5.74, 6) is 0. The van der Waals surface area contributed by atoms with Crippen LogP contribution in [-0.2, 0) is 11.3 Å². The van der Waals surface area contributed by atoms with Crippen LogP contribution in [0.4, 0.5) is 4.79 Å². The summed E-state index contributed by atoms with van der Waals surface area (Å²) in [5, 5.41) is 4.83. The molecule has 2 amide bonds. The topological polar surface area (TPSA) is 54.5 Å². The van der Waals surface area contributed by atoms with Crippen LogP contribution in [0.5, 0.6) is 0 Å². The monoisotopic (exact) mass is 255 g/mol. The second kappa shape index (κ2) is 5.97. The van der Waals surface area contributed by atoms with Crippen LogP contribution in [0, 0.1) is 0 Å². The molecule has 0 unspecified atom stereocenters. The number of ether oxygens (including phenoxy) is 1. The molecule has 1 fully saturated rings. The normalized spacial score (nSPS) is 19.6. The van der Waals surface area contributed by atoms with E-state index in [1.165, 1.54) is 11.3 Å². The van der Waals surface area contributed by atoms with Gasteiger partial charge in [0.25, 0.3) is 0 Å². The summed E-state index contributed by atoms with van der Waals surface area (Å²) in [6.07, 6.45) is 2.08. The molecule has 0 aliphatic carbocycles. The molecule has 1 aromatic rings. The van der Waals surface area contributed by atoms with Gasteiger partial charge in [-0.2, -0.15) is 0 Å². The summed E-state index contributed by atoms with van der Waals surface area (Å²) >= 11 is 1.54. The zero-order chi connectivity index (χ0) is 12.1. The van der Waals surface area contributed by atoms with Gasteiger partial charge in [-0.05, 0) is 12.8 Å². The van der Waals surface area contributed by atoms with Crippen LogP contribution < -0.4 is 5.32 Å². The van der Waals surface area contributed by atoms with Crippen molar-refractivity contribution in [2.24, 2.45) is 0 Å². The minimum absolute atomic E-state index is 0.0162. The third kappa shape index (κ3) is 3.17. The summed E-state index contributed by atoms with van der Waals surface area (Å²) < 4.78 is 5.12. The van der Waals surface area contributed by atoms with Crippen molar-refractivity contribution < 1.29 is 9.53 Å². The van der Waals surface area contributed by atoms with Gasteiger partial charge in [-0.15, -0.1) is 11.3 Å². The number of thiazole rings is 1. The number of likely N-dealkylation sites (tertiary alicyclic amines) is 1. The molecule has 0 radical (unpaired) electrons. The second-order valence-electron chi connectivity index (χ2n) is 4.08. The van der Waals surface area contributed by atoms with Crippen LogP contribution >= 0.6 is 11.3 Å². The van der Waals surface area contributed by atoms with E-state index in [4.69, 9.17) is 4.74 Å². The second-order valence-corrected chi connectivity index (χ2v) is 4.80. The number of hydrogen-bond donors (Lipinski definition) is 1. The van der Waals surface area contributed by atoms with Gasteiger partial charge >= 0.3 is 6.03 Å². The average molecular weight is 255 g/mol. The zero-order valence-corrected chi connectivity index (χ0v) is 10.7.